The summed E-state index contributed by atoms with van der Waals surface area (Å²) in [5.74, 6) is 0.0197. The van der Waals surface area contributed by atoms with E-state index >= 15 is 0 Å². The molecule has 0 bridgehead atoms. The molecule has 0 radical (unpaired) electrons. The molecule has 19 heavy (non-hydrogen) atoms. The maximum Gasteiger partial charge on any atom is 0.340 e. The second-order valence-electron chi connectivity index (χ2n) is 4.89. The first-order chi connectivity index (χ1) is 9.11. The molecule has 2 rings (SSSR count). The molecular weight excluding hydrogens is 244 g/mol. The van der Waals surface area contributed by atoms with Crippen LogP contribution in [-0.2, 0) is 9.47 Å². The van der Waals surface area contributed by atoms with Crippen molar-refractivity contribution in [2.75, 3.05) is 31.4 Å². The molecule has 1 saturated heterocycles. The van der Waals surface area contributed by atoms with Crippen molar-refractivity contribution >= 4 is 17.3 Å². The quantitative estimate of drug-likeness (QED) is 0.644. The summed E-state index contributed by atoms with van der Waals surface area (Å²) in [6, 6.07) is 5.53. The summed E-state index contributed by atoms with van der Waals surface area (Å²) in [7, 11) is 1.37. The Morgan fingerprint density at radius 1 is 1.53 bits per heavy atom. The number of nitrogens with one attached hydrogen (secondary N) is 1. The Balaban J connectivity index is 2.21. The van der Waals surface area contributed by atoms with E-state index in [1.807, 2.05) is 6.07 Å². The Morgan fingerprint density at radius 2 is 2.32 bits per heavy atom. The van der Waals surface area contributed by atoms with Crippen LogP contribution in [0, 0.1) is 5.92 Å². The summed E-state index contributed by atoms with van der Waals surface area (Å²) in [5.41, 5.74) is 7.51. The number of anilines is 2. The molecular formula is C14H20N2O3. The van der Waals surface area contributed by atoms with E-state index in [4.69, 9.17) is 15.2 Å². The molecule has 1 heterocycles. The van der Waals surface area contributed by atoms with Crippen LogP contribution < -0.4 is 11.1 Å². The first kappa shape index (κ1) is 13.7. The van der Waals surface area contributed by atoms with Gasteiger partial charge >= 0.3 is 5.97 Å². The highest BCUT2D eigenvalue weighted by Gasteiger charge is 2.23. The average molecular weight is 264 g/mol. The van der Waals surface area contributed by atoms with Gasteiger partial charge in [-0.3, -0.25) is 0 Å². The molecule has 0 aliphatic carbocycles. The Labute approximate surface area is 113 Å². The first-order valence-electron chi connectivity index (χ1n) is 6.44. The number of hydrogen-bond acceptors (Lipinski definition) is 5. The van der Waals surface area contributed by atoms with E-state index < -0.39 is 0 Å². The normalized spacial score (nSPS) is 22.8. The molecule has 0 aromatic heterocycles. The summed E-state index contributed by atoms with van der Waals surface area (Å²) in [6.45, 7) is 3.61. The van der Waals surface area contributed by atoms with Crippen LogP contribution in [0.3, 0.4) is 0 Å². The van der Waals surface area contributed by atoms with E-state index in [1.165, 1.54) is 7.11 Å². The number of methoxy groups -OCH3 is 1. The van der Waals surface area contributed by atoms with Gasteiger partial charge in [0.05, 0.1) is 19.3 Å². The van der Waals surface area contributed by atoms with Crippen LogP contribution in [0.5, 0.6) is 0 Å². The van der Waals surface area contributed by atoms with E-state index in [9.17, 15) is 4.79 Å². The highest BCUT2D eigenvalue weighted by Crippen LogP contribution is 2.24. The van der Waals surface area contributed by atoms with Crippen LogP contribution in [-0.4, -0.2) is 32.3 Å². The van der Waals surface area contributed by atoms with Gasteiger partial charge in [-0.25, -0.2) is 4.79 Å². The van der Waals surface area contributed by atoms with E-state index in [0.29, 0.717) is 23.2 Å². The van der Waals surface area contributed by atoms with Gasteiger partial charge in [0.25, 0.3) is 0 Å². The molecule has 1 aliphatic heterocycles. The lowest BCUT2D eigenvalue weighted by atomic mass is 9.97. The Morgan fingerprint density at radius 3 is 3.00 bits per heavy atom. The van der Waals surface area contributed by atoms with Gasteiger partial charge in [-0.05, 0) is 30.5 Å². The Bertz CT molecular complexity index is 462. The van der Waals surface area contributed by atoms with Crippen molar-refractivity contribution < 1.29 is 14.3 Å². The minimum Gasteiger partial charge on any atom is -0.465 e. The van der Waals surface area contributed by atoms with Gasteiger partial charge in [-0.2, -0.15) is 0 Å². The van der Waals surface area contributed by atoms with Gasteiger partial charge in [0, 0.05) is 24.0 Å². The average Bonchev–Trinajstić information content (AvgIpc) is 2.42. The van der Waals surface area contributed by atoms with Crippen molar-refractivity contribution in [2.24, 2.45) is 5.92 Å². The van der Waals surface area contributed by atoms with Crippen molar-refractivity contribution in [3.05, 3.63) is 23.8 Å². The van der Waals surface area contributed by atoms with Gasteiger partial charge in [0.2, 0.25) is 0 Å². The minimum absolute atomic E-state index is 0.292. The topological polar surface area (TPSA) is 73.6 Å². The fraction of sp³-hybridized carbons (Fsp3) is 0.500. The number of rotatable bonds is 3. The van der Waals surface area contributed by atoms with E-state index in [-0.39, 0.29) is 5.97 Å². The molecule has 3 N–H and O–H groups in total. The molecule has 1 aromatic carbocycles. The van der Waals surface area contributed by atoms with E-state index in [1.54, 1.807) is 12.1 Å². The molecule has 2 unspecified atom stereocenters. The molecule has 2 atom stereocenters. The van der Waals surface area contributed by atoms with Gasteiger partial charge in [-0.15, -0.1) is 0 Å². The summed E-state index contributed by atoms with van der Waals surface area (Å²) in [6.07, 6.45) is 0.923. The smallest absolute Gasteiger partial charge is 0.340 e. The lowest BCUT2D eigenvalue weighted by Gasteiger charge is -2.31. The van der Waals surface area contributed by atoms with Crippen molar-refractivity contribution in [3.63, 3.8) is 0 Å². The summed E-state index contributed by atoms with van der Waals surface area (Å²) in [5, 5.41) is 3.41. The van der Waals surface area contributed by atoms with Crippen LogP contribution in [0.15, 0.2) is 18.2 Å². The molecule has 0 saturated carbocycles. The fourth-order valence-electron chi connectivity index (χ4n) is 2.26. The van der Waals surface area contributed by atoms with Gasteiger partial charge in [0.1, 0.15) is 0 Å². The number of esters is 1. The molecule has 1 aromatic rings. The van der Waals surface area contributed by atoms with Crippen LogP contribution in [0.2, 0.25) is 0 Å². The molecule has 5 heteroatoms. The number of nitrogens with two attached hydrogens (primary N) is 1. The van der Waals surface area contributed by atoms with Crippen LogP contribution in [0.4, 0.5) is 11.4 Å². The predicted octanol–water partition coefficient (Wildman–Crippen LogP) is 1.89. The van der Waals surface area contributed by atoms with Crippen molar-refractivity contribution in [1.82, 2.24) is 0 Å². The first-order valence-corrected chi connectivity index (χ1v) is 6.44. The molecule has 1 aliphatic rings. The zero-order chi connectivity index (χ0) is 13.8. The zero-order valence-corrected chi connectivity index (χ0v) is 11.3. The maximum absolute atomic E-state index is 11.8. The number of hydrogen-bond donors (Lipinski definition) is 2. The molecule has 5 nitrogen and oxygen atoms in total. The molecule has 1 fully saturated rings. The largest absolute Gasteiger partial charge is 0.465 e. The summed E-state index contributed by atoms with van der Waals surface area (Å²) < 4.78 is 10.2. The highest BCUT2D eigenvalue weighted by atomic mass is 16.5. The lowest BCUT2D eigenvalue weighted by Crippen LogP contribution is -2.36. The molecule has 104 valence electrons. The summed E-state index contributed by atoms with van der Waals surface area (Å²) in [4.78, 5) is 11.8. The Hall–Kier alpha value is -1.75. The second kappa shape index (κ2) is 5.93. The van der Waals surface area contributed by atoms with Gasteiger partial charge in [-0.1, -0.05) is 6.92 Å². The van der Waals surface area contributed by atoms with Gasteiger partial charge in [0.15, 0.2) is 0 Å². The van der Waals surface area contributed by atoms with Crippen molar-refractivity contribution in [3.8, 4) is 0 Å². The van der Waals surface area contributed by atoms with Crippen LogP contribution in [0.1, 0.15) is 23.7 Å². The fourth-order valence-corrected chi connectivity index (χ4v) is 2.26. The van der Waals surface area contributed by atoms with Crippen LogP contribution in [0.25, 0.3) is 0 Å². The number of nitrogen functional groups attached to an aromatic ring is 1. The number of benzene rings is 1. The SMILES string of the molecule is COC(=O)c1cc(N)ccc1NC1CCOCC1C. The number of ether oxygens (including phenoxy) is 2. The lowest BCUT2D eigenvalue weighted by molar-refractivity contribution is 0.0536. The standard InChI is InChI=1S/C14H20N2O3/c1-9-8-19-6-5-12(9)16-13-4-3-10(15)7-11(13)14(17)18-2/h3-4,7,9,12,16H,5-6,8,15H2,1-2H3. The predicted molar refractivity (Wildman–Crippen MR) is 74.2 cm³/mol. The van der Waals surface area contributed by atoms with Gasteiger partial charge < -0.3 is 20.5 Å². The molecule has 0 spiro atoms. The molecule has 0 amide bonds. The highest BCUT2D eigenvalue weighted by molar-refractivity contribution is 5.96. The Kier molecular flexibility index (Phi) is 4.27. The van der Waals surface area contributed by atoms with Crippen molar-refractivity contribution in [1.29, 1.82) is 0 Å². The van der Waals surface area contributed by atoms with Crippen LogP contribution >= 0.6 is 0 Å². The summed E-state index contributed by atoms with van der Waals surface area (Å²) >= 11 is 0. The third-order valence-corrected chi connectivity index (χ3v) is 3.43. The third-order valence-electron chi connectivity index (χ3n) is 3.43. The minimum atomic E-state index is -0.380. The van der Waals surface area contributed by atoms with E-state index in [0.717, 1.165) is 25.3 Å². The van der Waals surface area contributed by atoms with Crippen molar-refractivity contribution in [2.45, 2.75) is 19.4 Å². The third kappa shape index (κ3) is 3.17. The monoisotopic (exact) mass is 264 g/mol. The second-order valence-corrected chi connectivity index (χ2v) is 4.89. The number of carbonyl (C=O) groups excluding carboxylic acids is 1. The zero-order valence-electron chi connectivity index (χ0n) is 11.3. The number of carbonyl (C=O) groups is 1. The maximum atomic E-state index is 11.8. The van der Waals surface area contributed by atoms with E-state index in [2.05, 4.69) is 12.2 Å².